The van der Waals surface area contributed by atoms with Crippen LogP contribution in [0.15, 0.2) is 66.7 Å². The third kappa shape index (κ3) is 4.23. The van der Waals surface area contributed by atoms with Gasteiger partial charge in [-0.15, -0.1) is 11.3 Å². The van der Waals surface area contributed by atoms with E-state index in [0.29, 0.717) is 15.8 Å². The molecule has 4 rings (SSSR count). The van der Waals surface area contributed by atoms with Gasteiger partial charge in [-0.1, -0.05) is 65.7 Å². The van der Waals surface area contributed by atoms with Crippen molar-refractivity contribution in [1.82, 2.24) is 10.8 Å². The van der Waals surface area contributed by atoms with Gasteiger partial charge in [-0.05, 0) is 35.4 Å². The molecule has 0 fully saturated rings. The maximum absolute atomic E-state index is 12.1. The van der Waals surface area contributed by atoms with Crippen molar-refractivity contribution in [2.45, 2.75) is 6.10 Å². The van der Waals surface area contributed by atoms with Gasteiger partial charge in [0.2, 0.25) is 0 Å². The van der Waals surface area contributed by atoms with Gasteiger partial charge in [0.05, 0.1) is 21.5 Å². The summed E-state index contributed by atoms with van der Waals surface area (Å²) in [5.74, 6) is -0.161. The van der Waals surface area contributed by atoms with E-state index in [1.807, 2.05) is 54.6 Å². The first-order valence-corrected chi connectivity index (χ1v) is 10.2. The van der Waals surface area contributed by atoms with E-state index in [2.05, 4.69) is 10.8 Å². The third-order valence-corrected chi connectivity index (χ3v) is 5.87. The molecule has 1 amide bonds. The molecule has 1 aliphatic rings. The first kappa shape index (κ1) is 19.0. The molecule has 2 N–H and O–H groups in total. The Balaban J connectivity index is 1.40. The molecule has 0 radical (unpaired) electrons. The smallest absolute Gasteiger partial charge is 0.261 e. The van der Waals surface area contributed by atoms with Crippen molar-refractivity contribution in [3.05, 3.63) is 86.5 Å². The summed E-state index contributed by atoms with van der Waals surface area (Å²) in [5.41, 5.74) is 6.83. The molecule has 7 heteroatoms. The second kappa shape index (κ2) is 8.37. The number of hydroxylamine groups is 1. The minimum absolute atomic E-state index is 0.161. The predicted octanol–water partition coefficient (Wildman–Crippen LogP) is 5.40. The van der Waals surface area contributed by atoms with Gasteiger partial charge in [-0.3, -0.25) is 15.1 Å². The summed E-state index contributed by atoms with van der Waals surface area (Å²) in [5, 5.41) is 3.57. The zero-order chi connectivity index (χ0) is 19.5. The van der Waals surface area contributed by atoms with Crippen LogP contribution in [0.4, 0.5) is 0 Å². The molecule has 1 aliphatic heterocycles. The number of hydrogen-bond donors (Lipinski definition) is 2. The second-order valence-corrected chi connectivity index (χ2v) is 8.33. The molecule has 1 unspecified atom stereocenters. The Morgan fingerprint density at radius 2 is 1.79 bits per heavy atom. The van der Waals surface area contributed by atoms with E-state index in [-0.39, 0.29) is 12.0 Å². The highest BCUT2D eigenvalue weighted by Gasteiger charge is 2.19. The highest BCUT2D eigenvalue weighted by Crippen LogP contribution is 2.29. The maximum Gasteiger partial charge on any atom is 0.261 e. The van der Waals surface area contributed by atoms with Gasteiger partial charge in [0.1, 0.15) is 6.10 Å². The van der Waals surface area contributed by atoms with Gasteiger partial charge in [0, 0.05) is 10.6 Å². The summed E-state index contributed by atoms with van der Waals surface area (Å²) in [4.78, 5) is 18.2. The molecule has 3 aromatic rings. The Bertz CT molecular complexity index is 1030. The fourth-order valence-corrected chi connectivity index (χ4v) is 4.09. The number of hydrogen-bond acceptors (Lipinski definition) is 4. The van der Waals surface area contributed by atoms with E-state index < -0.39 is 0 Å². The van der Waals surface area contributed by atoms with Crippen molar-refractivity contribution in [3.63, 3.8) is 0 Å². The van der Waals surface area contributed by atoms with Crippen molar-refractivity contribution in [3.8, 4) is 11.1 Å². The van der Waals surface area contributed by atoms with Crippen molar-refractivity contribution >= 4 is 46.1 Å². The summed E-state index contributed by atoms with van der Waals surface area (Å²) >= 11 is 13.4. The van der Waals surface area contributed by atoms with Gasteiger partial charge in [-0.2, -0.15) is 0 Å². The van der Waals surface area contributed by atoms with Crippen LogP contribution in [0.25, 0.3) is 16.8 Å². The minimum Gasteiger partial charge on any atom is -0.348 e. The number of rotatable bonds is 5. The summed E-state index contributed by atoms with van der Waals surface area (Å²) < 4.78 is 0.589. The van der Waals surface area contributed by atoms with E-state index in [4.69, 9.17) is 28.0 Å². The molecule has 28 heavy (non-hydrogen) atoms. The van der Waals surface area contributed by atoms with E-state index in [1.54, 1.807) is 12.1 Å². The predicted molar refractivity (Wildman–Crippen MR) is 115 cm³/mol. The Morgan fingerprint density at radius 3 is 2.50 bits per heavy atom. The molecule has 142 valence electrons. The highest BCUT2D eigenvalue weighted by atomic mass is 35.5. The van der Waals surface area contributed by atoms with E-state index in [1.165, 1.54) is 11.3 Å². The second-order valence-electron chi connectivity index (χ2n) is 6.21. The average Bonchev–Trinajstić information content (AvgIpc) is 3.36. The molecule has 2 aromatic carbocycles. The van der Waals surface area contributed by atoms with E-state index in [0.717, 1.165) is 27.4 Å². The Labute approximate surface area is 176 Å². The van der Waals surface area contributed by atoms with E-state index in [9.17, 15) is 4.79 Å². The number of carbonyl (C=O) groups excluding carboxylic acids is 1. The quantitative estimate of drug-likeness (QED) is 0.569. The molecule has 4 nitrogen and oxygen atoms in total. The molecule has 0 bridgehead atoms. The SMILES string of the molecule is O=C(NCC1C=C(c2ccc(-c3ccccc3Cl)cc2)NO1)c1ccc(Cl)s1. The van der Waals surface area contributed by atoms with Crippen molar-refractivity contribution < 1.29 is 9.63 Å². The lowest BCUT2D eigenvalue weighted by molar-refractivity contribution is 0.0499. The van der Waals surface area contributed by atoms with Crippen LogP contribution < -0.4 is 10.8 Å². The highest BCUT2D eigenvalue weighted by molar-refractivity contribution is 7.18. The monoisotopic (exact) mass is 430 g/mol. The first-order valence-electron chi connectivity index (χ1n) is 8.62. The minimum atomic E-state index is -0.252. The van der Waals surface area contributed by atoms with Crippen LogP contribution >= 0.6 is 34.5 Å². The van der Waals surface area contributed by atoms with Crippen LogP contribution in [-0.2, 0) is 4.84 Å². The maximum atomic E-state index is 12.1. The van der Waals surface area contributed by atoms with Crippen molar-refractivity contribution in [1.29, 1.82) is 0 Å². The molecule has 0 spiro atoms. The van der Waals surface area contributed by atoms with Crippen molar-refractivity contribution in [2.24, 2.45) is 0 Å². The zero-order valence-electron chi connectivity index (χ0n) is 14.6. The van der Waals surface area contributed by atoms with E-state index >= 15 is 0 Å². The number of carbonyl (C=O) groups is 1. The number of halogens is 2. The van der Waals surface area contributed by atoms with Gasteiger partial charge in [-0.25, -0.2) is 0 Å². The summed E-state index contributed by atoms with van der Waals surface area (Å²) in [6.07, 6.45) is 1.70. The summed E-state index contributed by atoms with van der Waals surface area (Å²) in [7, 11) is 0. The molecular formula is C21H16Cl2N2O2S. The molecule has 0 aliphatic carbocycles. The van der Waals surface area contributed by atoms with Crippen LogP contribution in [0.3, 0.4) is 0 Å². The fourth-order valence-electron chi connectivity index (χ4n) is 2.89. The summed E-state index contributed by atoms with van der Waals surface area (Å²) in [6.45, 7) is 0.364. The van der Waals surface area contributed by atoms with Gasteiger partial charge >= 0.3 is 0 Å². The molecule has 1 aromatic heterocycles. The Hall–Kier alpha value is -2.31. The fraction of sp³-hybridized carbons (Fsp3) is 0.0952. The third-order valence-electron chi connectivity index (χ3n) is 4.31. The lowest BCUT2D eigenvalue weighted by Crippen LogP contribution is -2.31. The molecule has 2 heterocycles. The Kier molecular flexibility index (Phi) is 5.69. The molecular weight excluding hydrogens is 415 g/mol. The van der Waals surface area contributed by atoms with Crippen molar-refractivity contribution in [2.75, 3.05) is 6.54 Å². The molecule has 0 saturated heterocycles. The number of benzene rings is 2. The van der Waals surface area contributed by atoms with Crippen LogP contribution in [0, 0.1) is 0 Å². The number of nitrogens with one attached hydrogen (secondary N) is 2. The number of amides is 1. The van der Waals surface area contributed by atoms with Crippen LogP contribution in [0.1, 0.15) is 15.2 Å². The van der Waals surface area contributed by atoms with Crippen LogP contribution in [0.2, 0.25) is 9.36 Å². The van der Waals surface area contributed by atoms with Gasteiger partial charge < -0.3 is 5.32 Å². The zero-order valence-corrected chi connectivity index (χ0v) is 16.9. The lowest BCUT2D eigenvalue weighted by Gasteiger charge is -2.08. The molecule has 0 saturated carbocycles. The van der Waals surface area contributed by atoms with Gasteiger partial charge in [0.25, 0.3) is 5.91 Å². The number of thiophene rings is 1. The summed E-state index contributed by atoms with van der Waals surface area (Å²) in [6, 6.07) is 19.2. The lowest BCUT2D eigenvalue weighted by atomic mass is 10.0. The van der Waals surface area contributed by atoms with Gasteiger partial charge in [0.15, 0.2) is 0 Å². The first-order chi connectivity index (χ1) is 13.6. The van der Waals surface area contributed by atoms with Crippen LogP contribution in [0.5, 0.6) is 0 Å². The normalized spacial score (nSPS) is 15.8. The molecule has 1 atom stereocenters. The Morgan fingerprint density at radius 1 is 1.04 bits per heavy atom. The largest absolute Gasteiger partial charge is 0.348 e. The average molecular weight is 431 g/mol. The topological polar surface area (TPSA) is 50.4 Å². The standard InChI is InChI=1S/C21H16Cl2N2O2S/c22-17-4-2-1-3-16(17)13-5-7-14(8-6-13)18-11-15(27-25-18)12-24-21(26)19-9-10-20(23)28-19/h1-11,15,25H,12H2,(H,24,26). The van der Waals surface area contributed by atoms with Crippen LogP contribution in [-0.4, -0.2) is 18.6 Å².